The van der Waals surface area contributed by atoms with Crippen LogP contribution in [0.15, 0.2) is 78.9 Å². The third-order valence-electron chi connectivity index (χ3n) is 9.43. The molecule has 3 N–H and O–H groups in total. The first-order valence-corrected chi connectivity index (χ1v) is 18.5. The number of likely N-dealkylation sites (tertiary alicyclic amines) is 1. The van der Waals surface area contributed by atoms with Gasteiger partial charge in [0, 0.05) is 42.2 Å². The van der Waals surface area contributed by atoms with Gasteiger partial charge in [0.2, 0.25) is 11.8 Å². The number of thiophene rings is 1. The minimum atomic E-state index is -5.78. The van der Waals surface area contributed by atoms with Crippen molar-refractivity contribution in [2.75, 3.05) is 13.1 Å². The van der Waals surface area contributed by atoms with Crippen LogP contribution in [0.3, 0.4) is 0 Å². The summed E-state index contributed by atoms with van der Waals surface area (Å²) >= 11 is 1.01. The molecule has 0 bridgehead atoms. The number of carbonyl (C=O) groups is 3. The second-order valence-corrected chi connectivity index (χ2v) is 16.6. The molecule has 3 heterocycles. The molecule has 3 aromatic carbocycles. The van der Waals surface area contributed by atoms with Gasteiger partial charge < -0.3 is 24.9 Å². The summed E-state index contributed by atoms with van der Waals surface area (Å²) in [5.74, 6) is -0.944. The topological polar surface area (TPSA) is 127 Å². The Morgan fingerprint density at radius 3 is 2.31 bits per heavy atom. The van der Waals surface area contributed by atoms with E-state index in [0.29, 0.717) is 24.2 Å². The third kappa shape index (κ3) is 6.92. The van der Waals surface area contributed by atoms with Gasteiger partial charge in [0.25, 0.3) is 5.91 Å². The first-order chi connectivity index (χ1) is 23.0. The van der Waals surface area contributed by atoms with Gasteiger partial charge in [-0.15, -0.1) is 11.3 Å². The van der Waals surface area contributed by atoms with Gasteiger partial charge in [-0.1, -0.05) is 81.4 Å². The molecule has 2 aliphatic heterocycles. The minimum absolute atomic E-state index is 0.132. The van der Waals surface area contributed by atoms with Crippen molar-refractivity contribution in [1.29, 1.82) is 0 Å². The summed E-state index contributed by atoms with van der Waals surface area (Å²) in [5.41, 5.74) is -2.95. The van der Waals surface area contributed by atoms with Gasteiger partial charge in [-0.3, -0.25) is 18.9 Å². The Kier molecular flexibility index (Phi) is 9.30. The van der Waals surface area contributed by atoms with E-state index in [1.807, 2.05) is 68.1 Å². The van der Waals surface area contributed by atoms with E-state index in [1.54, 1.807) is 4.90 Å². The SMILES string of the molecule is CC(C)(C)[C@H](NC(=O)c1cc2cc(C(F)(F)P(=O)(O)O)ccc2s1)C(=O)N1Cc2ccccc2CC1C(=O)N1CCC(c2ccccc2)C1. The normalized spacial score (nSPS) is 19.1. The summed E-state index contributed by atoms with van der Waals surface area (Å²) < 4.78 is 40.7. The maximum absolute atomic E-state index is 14.5. The monoisotopic (exact) mass is 709 g/mol. The molecule has 1 fully saturated rings. The number of carbonyl (C=O) groups excluding carboxylic acids is 3. The number of hydrogen-bond acceptors (Lipinski definition) is 5. The molecule has 2 aliphatic rings. The summed E-state index contributed by atoms with van der Waals surface area (Å²) in [6.45, 7) is 6.77. The number of rotatable bonds is 7. The van der Waals surface area contributed by atoms with Gasteiger partial charge in [0.05, 0.1) is 4.88 Å². The maximum atomic E-state index is 14.5. The lowest BCUT2D eigenvalue weighted by atomic mass is 9.84. The Bertz CT molecular complexity index is 1960. The quantitative estimate of drug-likeness (QED) is 0.195. The highest BCUT2D eigenvalue weighted by atomic mass is 32.1. The molecule has 1 aromatic heterocycles. The molecular formula is C36H38F2N3O6PS. The second kappa shape index (κ2) is 13.1. The molecule has 6 rings (SSSR count). The van der Waals surface area contributed by atoms with Gasteiger partial charge in [0.15, 0.2) is 0 Å². The van der Waals surface area contributed by atoms with E-state index < -0.39 is 48.1 Å². The van der Waals surface area contributed by atoms with Crippen molar-refractivity contribution in [3.05, 3.63) is 106 Å². The van der Waals surface area contributed by atoms with Crippen molar-refractivity contribution in [2.45, 2.75) is 63.8 Å². The fraction of sp³-hybridized carbons (Fsp3) is 0.361. The van der Waals surface area contributed by atoms with E-state index in [-0.39, 0.29) is 28.6 Å². The number of halogens is 2. The van der Waals surface area contributed by atoms with E-state index in [2.05, 4.69) is 17.4 Å². The molecule has 0 saturated carbocycles. The van der Waals surface area contributed by atoms with Crippen molar-refractivity contribution in [3.8, 4) is 0 Å². The van der Waals surface area contributed by atoms with Gasteiger partial charge in [-0.2, -0.15) is 8.78 Å². The Labute approximate surface area is 287 Å². The van der Waals surface area contributed by atoms with Crippen LogP contribution in [-0.2, 0) is 32.8 Å². The van der Waals surface area contributed by atoms with Crippen LogP contribution in [0.1, 0.15) is 65.0 Å². The fourth-order valence-corrected chi connectivity index (χ4v) is 8.09. The van der Waals surface area contributed by atoms with Gasteiger partial charge in [-0.05, 0) is 52.1 Å². The van der Waals surface area contributed by atoms with E-state index >= 15 is 0 Å². The van der Waals surface area contributed by atoms with Crippen LogP contribution in [0, 0.1) is 5.41 Å². The zero-order valence-electron chi connectivity index (χ0n) is 27.3. The zero-order chi connectivity index (χ0) is 35.3. The molecule has 3 atom stereocenters. The summed E-state index contributed by atoms with van der Waals surface area (Å²) in [5, 5.41) is 3.07. The van der Waals surface area contributed by atoms with Crippen LogP contribution in [0.2, 0.25) is 0 Å². The van der Waals surface area contributed by atoms with Crippen molar-refractivity contribution in [2.24, 2.45) is 5.41 Å². The smallest absolute Gasteiger partial charge is 0.340 e. The Balaban J connectivity index is 1.26. The summed E-state index contributed by atoms with van der Waals surface area (Å²) in [6, 6.07) is 20.5. The molecule has 4 aromatic rings. The first-order valence-electron chi connectivity index (χ1n) is 16.0. The molecule has 9 nitrogen and oxygen atoms in total. The Morgan fingerprint density at radius 2 is 1.63 bits per heavy atom. The second-order valence-electron chi connectivity index (χ2n) is 13.9. The average Bonchev–Trinajstić information content (AvgIpc) is 3.73. The molecule has 3 amide bonds. The van der Waals surface area contributed by atoms with Crippen LogP contribution < -0.4 is 5.32 Å². The number of amides is 3. The van der Waals surface area contributed by atoms with Gasteiger partial charge in [0.1, 0.15) is 12.1 Å². The molecule has 1 saturated heterocycles. The number of fused-ring (bicyclic) bond motifs is 2. The molecule has 0 radical (unpaired) electrons. The van der Waals surface area contributed by atoms with E-state index in [4.69, 9.17) is 9.79 Å². The molecule has 0 spiro atoms. The third-order valence-corrected chi connectivity index (χ3v) is 11.5. The van der Waals surface area contributed by atoms with Gasteiger partial charge in [-0.25, -0.2) is 0 Å². The highest BCUT2D eigenvalue weighted by Crippen LogP contribution is 2.59. The van der Waals surface area contributed by atoms with Gasteiger partial charge >= 0.3 is 13.3 Å². The maximum Gasteiger partial charge on any atom is 0.399 e. The van der Waals surface area contributed by atoms with Crippen LogP contribution in [0.5, 0.6) is 0 Å². The number of hydrogen-bond donors (Lipinski definition) is 3. The highest BCUT2D eigenvalue weighted by molar-refractivity contribution is 7.52. The van der Waals surface area contributed by atoms with E-state index in [1.165, 1.54) is 17.7 Å². The lowest BCUT2D eigenvalue weighted by Gasteiger charge is -2.42. The first kappa shape index (κ1) is 34.9. The largest absolute Gasteiger partial charge is 0.399 e. The number of nitrogens with one attached hydrogen (secondary N) is 1. The standard InChI is InChI=1S/C36H38F2N3O6PS/c1-35(2,3)31(39-32(42)30-19-26-17-27(13-14-29(26)49-30)36(37,38)48(45,46)47)34(44)41-21-24-12-8-7-11-23(24)18-28(41)33(43)40-16-15-25(20-40)22-9-5-4-6-10-22/h4-14,17,19,25,28,31H,15-16,18,20-21H2,1-3H3,(H,39,42)(H2,45,46,47)/t25?,28?,31-/m1/s1. The summed E-state index contributed by atoms with van der Waals surface area (Å²) in [7, 11) is -5.78. The predicted octanol–water partition coefficient (Wildman–Crippen LogP) is 6.24. The zero-order valence-corrected chi connectivity index (χ0v) is 29.0. The van der Waals surface area contributed by atoms with E-state index in [0.717, 1.165) is 41.0 Å². The molecule has 2 unspecified atom stereocenters. The van der Waals surface area contributed by atoms with Crippen LogP contribution in [0.25, 0.3) is 10.1 Å². The Morgan fingerprint density at radius 1 is 0.959 bits per heavy atom. The summed E-state index contributed by atoms with van der Waals surface area (Å²) in [4.78, 5) is 64.3. The molecule has 258 valence electrons. The molecule has 0 aliphatic carbocycles. The van der Waals surface area contributed by atoms with Crippen LogP contribution >= 0.6 is 18.9 Å². The lowest BCUT2D eigenvalue weighted by molar-refractivity contribution is -0.149. The fourth-order valence-electron chi connectivity index (χ4n) is 6.67. The van der Waals surface area contributed by atoms with Crippen molar-refractivity contribution >= 4 is 46.7 Å². The average molecular weight is 710 g/mol. The lowest BCUT2D eigenvalue weighted by Crippen LogP contribution is -2.60. The number of nitrogens with zero attached hydrogens (tertiary/aromatic N) is 2. The van der Waals surface area contributed by atoms with Crippen molar-refractivity contribution < 1.29 is 37.5 Å². The number of alkyl halides is 2. The predicted molar refractivity (Wildman–Crippen MR) is 183 cm³/mol. The summed E-state index contributed by atoms with van der Waals surface area (Å²) in [6.07, 6.45) is 1.16. The Hall–Kier alpha value is -3.96. The highest BCUT2D eigenvalue weighted by Gasteiger charge is 2.50. The van der Waals surface area contributed by atoms with Crippen LogP contribution in [-0.4, -0.2) is 62.5 Å². The van der Waals surface area contributed by atoms with Crippen molar-refractivity contribution in [3.63, 3.8) is 0 Å². The molecule has 13 heteroatoms. The number of benzene rings is 3. The molecule has 49 heavy (non-hydrogen) atoms. The molecular weight excluding hydrogens is 671 g/mol. The minimum Gasteiger partial charge on any atom is -0.340 e. The van der Waals surface area contributed by atoms with Crippen LogP contribution in [0.4, 0.5) is 8.78 Å². The van der Waals surface area contributed by atoms with Crippen molar-refractivity contribution in [1.82, 2.24) is 15.1 Å². The van der Waals surface area contributed by atoms with E-state index in [9.17, 15) is 27.7 Å².